The molecule has 3 aromatic rings. The molecule has 1 N–H and O–H groups in total. The number of amides is 1. The number of ether oxygens (including phenoxy) is 3. The molecule has 0 aliphatic carbocycles. The number of hydrogen-bond donors (Lipinski definition) is 1. The van der Waals surface area contributed by atoms with Gasteiger partial charge in [0.15, 0.2) is 29.8 Å². The maximum absolute atomic E-state index is 13.9. The van der Waals surface area contributed by atoms with Gasteiger partial charge in [-0.15, -0.1) is 5.10 Å². The van der Waals surface area contributed by atoms with Crippen molar-refractivity contribution in [3.8, 4) is 11.3 Å². The van der Waals surface area contributed by atoms with Crippen LogP contribution in [0.15, 0.2) is 53.7 Å². The summed E-state index contributed by atoms with van der Waals surface area (Å²) in [5, 5.41) is 19.4. The predicted molar refractivity (Wildman–Crippen MR) is 131 cm³/mol. The third-order valence-corrected chi connectivity index (χ3v) is 6.71. The van der Waals surface area contributed by atoms with Crippen molar-refractivity contribution >= 4 is 11.7 Å². The fourth-order valence-electron chi connectivity index (χ4n) is 4.48. The van der Waals surface area contributed by atoms with Gasteiger partial charge < -0.3 is 24.2 Å². The lowest BCUT2D eigenvalue weighted by Crippen LogP contribution is -2.61. The Morgan fingerprint density at radius 3 is 2.49 bits per heavy atom. The van der Waals surface area contributed by atoms with Gasteiger partial charge in [0.1, 0.15) is 35.9 Å². The van der Waals surface area contributed by atoms with Crippen LogP contribution in [0, 0.1) is 17.5 Å². The highest BCUT2D eigenvalue weighted by atomic mass is 19.2. The van der Waals surface area contributed by atoms with Crippen molar-refractivity contribution in [2.75, 3.05) is 20.7 Å². The maximum atomic E-state index is 13.9. The average Bonchev–Trinajstić information content (AvgIpc) is 3.41. The number of nitrogens with zero attached hydrogens (tertiary/aromatic N) is 5. The quantitative estimate of drug-likeness (QED) is 0.303. The van der Waals surface area contributed by atoms with Crippen molar-refractivity contribution in [3.05, 3.63) is 71.7 Å². The lowest BCUT2D eigenvalue weighted by molar-refractivity contribution is -0.312. The summed E-state index contributed by atoms with van der Waals surface area (Å²) < 4.78 is 60.5. The number of rotatable bonds is 4. The molecule has 3 heterocycles. The van der Waals surface area contributed by atoms with Gasteiger partial charge in [-0.2, -0.15) is 4.99 Å². The highest BCUT2D eigenvalue weighted by molar-refractivity contribution is 5.95. The number of aliphatic hydroxyl groups is 1. The molecule has 39 heavy (non-hydrogen) atoms. The molecule has 2 fully saturated rings. The zero-order valence-corrected chi connectivity index (χ0v) is 21.2. The molecule has 1 aromatic heterocycles. The normalized spacial score (nSPS) is 27.2. The second-order valence-electron chi connectivity index (χ2n) is 9.48. The summed E-state index contributed by atoms with van der Waals surface area (Å²) in [7, 11) is 3.43. The van der Waals surface area contributed by atoms with Crippen molar-refractivity contribution in [1.82, 2.24) is 19.9 Å². The van der Waals surface area contributed by atoms with Crippen LogP contribution in [0.5, 0.6) is 0 Å². The van der Waals surface area contributed by atoms with E-state index in [4.69, 9.17) is 14.2 Å². The number of aliphatic hydroxyl groups excluding tert-OH is 1. The van der Waals surface area contributed by atoms with Crippen molar-refractivity contribution in [2.45, 2.75) is 43.7 Å². The first-order valence-electron chi connectivity index (χ1n) is 12.1. The minimum Gasteiger partial charge on any atom is -0.387 e. The molecule has 10 nitrogen and oxygen atoms in total. The molecule has 2 aromatic carbocycles. The largest absolute Gasteiger partial charge is 0.387 e. The summed E-state index contributed by atoms with van der Waals surface area (Å²) in [6.07, 6.45) is -4.01. The van der Waals surface area contributed by atoms with E-state index < -0.39 is 60.1 Å². The van der Waals surface area contributed by atoms with E-state index in [9.17, 15) is 23.1 Å². The second kappa shape index (κ2) is 10.8. The number of halogens is 3. The van der Waals surface area contributed by atoms with Crippen LogP contribution in [0.25, 0.3) is 11.3 Å². The molecule has 0 saturated carbocycles. The minimum absolute atomic E-state index is 0.0130. The molecule has 13 heteroatoms. The molecule has 5 rings (SSSR count). The van der Waals surface area contributed by atoms with Crippen molar-refractivity contribution in [1.29, 1.82) is 0 Å². The van der Waals surface area contributed by atoms with Crippen LogP contribution in [-0.4, -0.2) is 81.9 Å². The first kappa shape index (κ1) is 26.9. The van der Waals surface area contributed by atoms with Crippen molar-refractivity contribution in [3.63, 3.8) is 0 Å². The van der Waals surface area contributed by atoms with E-state index in [2.05, 4.69) is 15.3 Å². The van der Waals surface area contributed by atoms with Crippen molar-refractivity contribution in [2.24, 2.45) is 4.99 Å². The second-order valence-corrected chi connectivity index (χ2v) is 9.48. The Bertz CT molecular complexity index is 1360. The third-order valence-electron chi connectivity index (χ3n) is 6.71. The first-order chi connectivity index (χ1) is 18.6. The highest BCUT2D eigenvalue weighted by Gasteiger charge is 2.53. The van der Waals surface area contributed by atoms with Crippen LogP contribution in [-0.2, 0) is 19.0 Å². The number of fused-ring (bicyclic) bond motifs is 1. The number of aromatic nitrogens is 3. The van der Waals surface area contributed by atoms with Crippen LogP contribution in [0.4, 0.5) is 13.2 Å². The molecule has 0 bridgehead atoms. The lowest BCUT2D eigenvalue weighted by Gasteiger charge is -2.47. The molecule has 0 spiro atoms. The van der Waals surface area contributed by atoms with Gasteiger partial charge in [0, 0.05) is 25.2 Å². The maximum Gasteiger partial charge on any atom is 0.279 e. The van der Waals surface area contributed by atoms with E-state index in [0.717, 1.165) is 17.7 Å². The first-order valence-corrected chi connectivity index (χ1v) is 12.1. The molecular formula is C26H26F3N5O5. The summed E-state index contributed by atoms with van der Waals surface area (Å²) in [5.41, 5.74) is 0.675. The number of aliphatic imine (C=N–C) groups is 1. The molecule has 1 amide bonds. The van der Waals surface area contributed by atoms with Gasteiger partial charge in [0.2, 0.25) is 0 Å². The number of hydrogen-bond acceptors (Lipinski definition) is 7. The fourth-order valence-corrected chi connectivity index (χ4v) is 4.48. The van der Waals surface area contributed by atoms with E-state index in [0.29, 0.717) is 5.84 Å². The van der Waals surface area contributed by atoms with Crippen LogP contribution < -0.4 is 0 Å². The average molecular weight is 546 g/mol. The van der Waals surface area contributed by atoms with Crippen molar-refractivity contribution < 1.29 is 37.3 Å². The van der Waals surface area contributed by atoms with Gasteiger partial charge >= 0.3 is 0 Å². The van der Waals surface area contributed by atoms with E-state index in [1.165, 1.54) is 10.9 Å². The monoisotopic (exact) mass is 545 g/mol. The van der Waals surface area contributed by atoms with E-state index >= 15 is 0 Å². The van der Waals surface area contributed by atoms with E-state index in [1.54, 1.807) is 25.9 Å². The molecule has 0 unspecified atom stereocenters. The highest BCUT2D eigenvalue weighted by Crippen LogP contribution is 2.39. The Kier molecular flexibility index (Phi) is 7.49. The van der Waals surface area contributed by atoms with Gasteiger partial charge in [-0.25, -0.2) is 17.9 Å². The smallest absolute Gasteiger partial charge is 0.279 e. The summed E-state index contributed by atoms with van der Waals surface area (Å²) in [6.45, 7) is 1.67. The topological polar surface area (TPSA) is 111 Å². The Morgan fingerprint density at radius 2 is 1.82 bits per heavy atom. The lowest BCUT2D eigenvalue weighted by atomic mass is 9.91. The van der Waals surface area contributed by atoms with Gasteiger partial charge in [0.05, 0.1) is 12.8 Å². The Labute approximate surface area is 221 Å². The number of carbonyl (C=O) groups excluding carboxylic acids is 1. The van der Waals surface area contributed by atoms with Crippen LogP contribution in [0.2, 0.25) is 0 Å². The van der Waals surface area contributed by atoms with Gasteiger partial charge in [-0.1, -0.05) is 35.5 Å². The predicted octanol–water partition coefficient (Wildman–Crippen LogP) is 2.65. The summed E-state index contributed by atoms with van der Waals surface area (Å²) in [6, 6.07) is 9.67. The Balaban J connectivity index is 1.51. The minimum atomic E-state index is -1.61. The number of benzene rings is 2. The van der Waals surface area contributed by atoms with Gasteiger partial charge in [-0.3, -0.25) is 4.79 Å². The SMILES string of the molecule is CC(=NC(=O)[C@@H]1O[C@@H]2CO[C@H](c3ccccc3)O[C@@H]2[C@H](n2cc(-c3cc(F)c(F)c(F)c3)nn2)[C@H]1O)N(C)C. The van der Waals surface area contributed by atoms with E-state index in [-0.39, 0.29) is 17.9 Å². The Morgan fingerprint density at radius 1 is 1.13 bits per heavy atom. The molecule has 2 saturated heterocycles. The molecule has 2 aliphatic rings. The molecular weight excluding hydrogens is 519 g/mol. The van der Waals surface area contributed by atoms with E-state index in [1.807, 2.05) is 30.3 Å². The number of amidine groups is 1. The van der Waals surface area contributed by atoms with Gasteiger partial charge in [-0.05, 0) is 19.1 Å². The summed E-state index contributed by atoms with van der Waals surface area (Å²) >= 11 is 0. The Hall–Kier alpha value is -3.65. The standard InChI is InChI=1S/C26H26F3N5O5/c1-13(33(2)3)30-25(36)24-22(35)21(23-19(38-24)12-37-26(39-23)14-7-5-4-6-8-14)34-11-18(31-32-34)15-9-16(27)20(29)17(28)10-15/h4-11,19,21-24,26,35H,12H2,1-3H3/t19-,21-,22-,23+,24-,26+/m1/s1. The number of carbonyl (C=O) groups is 1. The molecule has 206 valence electrons. The van der Waals surface area contributed by atoms with Crippen LogP contribution >= 0.6 is 0 Å². The third kappa shape index (κ3) is 5.30. The van der Waals surface area contributed by atoms with Crippen LogP contribution in [0.1, 0.15) is 24.8 Å². The molecule has 2 aliphatic heterocycles. The zero-order chi connectivity index (χ0) is 27.8. The summed E-state index contributed by atoms with van der Waals surface area (Å²) in [4.78, 5) is 18.7. The fraction of sp³-hybridized carbons (Fsp3) is 0.385. The van der Waals surface area contributed by atoms with Gasteiger partial charge in [0.25, 0.3) is 5.91 Å². The molecule has 0 radical (unpaired) electrons. The van der Waals surface area contributed by atoms with Crippen LogP contribution in [0.3, 0.4) is 0 Å². The summed E-state index contributed by atoms with van der Waals surface area (Å²) in [5.74, 6) is -4.69. The molecule has 6 atom stereocenters. The zero-order valence-electron chi connectivity index (χ0n) is 21.2.